The number of nitro benzene ring substituents is 1. The summed E-state index contributed by atoms with van der Waals surface area (Å²) in [5.41, 5.74) is 4.24. The fourth-order valence-corrected chi connectivity index (χ4v) is 4.72. The summed E-state index contributed by atoms with van der Waals surface area (Å²) in [4.78, 5) is 23.0. The number of benzene rings is 3. The molecule has 0 bridgehead atoms. The Morgan fingerprint density at radius 3 is 2.26 bits per heavy atom. The third kappa shape index (κ3) is 5.77. The molecule has 1 amide bonds. The van der Waals surface area contributed by atoms with Crippen molar-refractivity contribution in [2.75, 3.05) is 10.8 Å². The molecule has 1 N–H and O–H groups in total. The van der Waals surface area contributed by atoms with Gasteiger partial charge in [0.25, 0.3) is 21.6 Å². The van der Waals surface area contributed by atoms with Crippen LogP contribution in [0.2, 0.25) is 5.02 Å². The summed E-state index contributed by atoms with van der Waals surface area (Å²) in [6.45, 7) is 2.87. The zero-order valence-corrected chi connectivity index (χ0v) is 19.9. The second-order valence-electron chi connectivity index (χ2n) is 7.31. The van der Waals surface area contributed by atoms with Crippen LogP contribution in [0.25, 0.3) is 0 Å². The zero-order chi connectivity index (χ0) is 24.9. The van der Waals surface area contributed by atoms with Gasteiger partial charge in [0.05, 0.1) is 26.2 Å². The summed E-state index contributed by atoms with van der Waals surface area (Å²) >= 11 is 6.25. The topological polar surface area (TPSA) is 122 Å². The Balaban J connectivity index is 1.85. The normalized spacial score (nSPS) is 11.7. The summed E-state index contributed by atoms with van der Waals surface area (Å²) in [6.07, 6.45) is 0. The molecule has 0 aliphatic heterocycles. The van der Waals surface area contributed by atoms with Crippen LogP contribution in [0.1, 0.15) is 18.1 Å². The van der Waals surface area contributed by atoms with E-state index in [9.17, 15) is 23.3 Å². The maximum Gasteiger partial charge on any atom is 0.269 e. The van der Waals surface area contributed by atoms with Gasteiger partial charge in [0.2, 0.25) is 0 Å². The van der Waals surface area contributed by atoms with Crippen molar-refractivity contribution in [1.82, 2.24) is 5.43 Å². The van der Waals surface area contributed by atoms with Crippen molar-refractivity contribution in [1.29, 1.82) is 0 Å². The third-order valence-corrected chi connectivity index (χ3v) is 6.96. The SMILES string of the molecule is C/C(=N/NC(=O)CN(c1ccccc1Cl)S(=O)(=O)c1ccc(C)cc1)c1ccc([N+](=O)[O-])cc1. The van der Waals surface area contributed by atoms with Crippen molar-refractivity contribution in [3.8, 4) is 0 Å². The van der Waals surface area contributed by atoms with Crippen molar-refractivity contribution in [2.24, 2.45) is 5.10 Å². The van der Waals surface area contributed by atoms with Gasteiger partial charge in [0.15, 0.2) is 0 Å². The second-order valence-corrected chi connectivity index (χ2v) is 9.58. The summed E-state index contributed by atoms with van der Waals surface area (Å²) in [5.74, 6) is -0.697. The molecule has 11 heteroatoms. The number of sulfonamides is 1. The Kier molecular flexibility index (Phi) is 7.64. The minimum atomic E-state index is -4.12. The maximum atomic E-state index is 13.4. The lowest BCUT2D eigenvalue weighted by Gasteiger charge is -2.24. The lowest BCUT2D eigenvalue weighted by molar-refractivity contribution is -0.384. The van der Waals surface area contributed by atoms with Crippen molar-refractivity contribution >= 4 is 44.6 Å². The predicted octanol–water partition coefficient (Wildman–Crippen LogP) is 4.29. The summed E-state index contributed by atoms with van der Waals surface area (Å²) in [5, 5.41) is 15.0. The minimum absolute atomic E-state index is 0.0105. The Hall–Kier alpha value is -3.76. The number of nitrogens with one attached hydrogen (secondary N) is 1. The van der Waals surface area contributed by atoms with Crippen LogP contribution in [-0.4, -0.2) is 31.5 Å². The maximum absolute atomic E-state index is 13.4. The number of hydrogen-bond donors (Lipinski definition) is 1. The lowest BCUT2D eigenvalue weighted by atomic mass is 10.1. The number of non-ortho nitro benzene ring substituents is 1. The smallest absolute Gasteiger partial charge is 0.269 e. The first kappa shape index (κ1) is 24.9. The molecule has 0 aliphatic rings. The van der Waals surface area contributed by atoms with E-state index in [1.165, 1.54) is 48.5 Å². The van der Waals surface area contributed by atoms with Gasteiger partial charge in [0, 0.05) is 12.1 Å². The number of para-hydroxylation sites is 1. The molecule has 176 valence electrons. The van der Waals surface area contributed by atoms with E-state index in [4.69, 9.17) is 11.6 Å². The summed E-state index contributed by atoms with van der Waals surface area (Å²) in [6, 6.07) is 18.2. The van der Waals surface area contributed by atoms with E-state index in [1.807, 2.05) is 6.92 Å². The van der Waals surface area contributed by atoms with E-state index >= 15 is 0 Å². The van der Waals surface area contributed by atoms with Crippen LogP contribution in [0.4, 0.5) is 11.4 Å². The van der Waals surface area contributed by atoms with Gasteiger partial charge in [-0.05, 0) is 55.8 Å². The highest BCUT2D eigenvalue weighted by Crippen LogP contribution is 2.30. The van der Waals surface area contributed by atoms with Gasteiger partial charge in [-0.2, -0.15) is 5.10 Å². The van der Waals surface area contributed by atoms with E-state index < -0.39 is 27.4 Å². The molecule has 9 nitrogen and oxygen atoms in total. The first-order valence-electron chi connectivity index (χ1n) is 10.0. The van der Waals surface area contributed by atoms with Gasteiger partial charge in [-0.15, -0.1) is 0 Å². The van der Waals surface area contributed by atoms with Gasteiger partial charge in [-0.1, -0.05) is 41.4 Å². The van der Waals surface area contributed by atoms with Crippen LogP contribution in [0.3, 0.4) is 0 Å². The van der Waals surface area contributed by atoms with Gasteiger partial charge in [-0.25, -0.2) is 13.8 Å². The first-order chi connectivity index (χ1) is 16.1. The third-order valence-electron chi connectivity index (χ3n) is 4.86. The van der Waals surface area contributed by atoms with E-state index in [1.54, 1.807) is 31.2 Å². The molecule has 0 aliphatic carbocycles. The largest absolute Gasteiger partial charge is 0.271 e. The van der Waals surface area contributed by atoms with Crippen molar-refractivity contribution in [3.05, 3.63) is 99.1 Å². The van der Waals surface area contributed by atoms with Gasteiger partial charge in [-0.3, -0.25) is 19.2 Å². The average molecular weight is 501 g/mol. The fourth-order valence-electron chi connectivity index (χ4n) is 2.99. The summed E-state index contributed by atoms with van der Waals surface area (Å²) < 4.78 is 27.7. The molecule has 0 saturated heterocycles. The average Bonchev–Trinajstić information content (AvgIpc) is 2.82. The van der Waals surface area contributed by atoms with Crippen LogP contribution in [-0.2, 0) is 14.8 Å². The molecule has 3 aromatic rings. The molecule has 0 spiro atoms. The second kappa shape index (κ2) is 10.4. The Morgan fingerprint density at radius 1 is 1.06 bits per heavy atom. The van der Waals surface area contributed by atoms with Crippen LogP contribution >= 0.6 is 11.6 Å². The predicted molar refractivity (Wildman–Crippen MR) is 131 cm³/mol. The van der Waals surface area contributed by atoms with E-state index in [2.05, 4.69) is 10.5 Å². The molecular formula is C23H21ClN4O5S. The standard InChI is InChI=1S/C23H21ClN4O5S/c1-16-7-13-20(14-8-16)34(32,33)27(22-6-4-3-5-21(22)24)15-23(29)26-25-17(2)18-9-11-19(12-10-18)28(30)31/h3-14H,15H2,1-2H3,(H,26,29)/b25-17-. The Morgan fingerprint density at radius 2 is 1.68 bits per heavy atom. The number of nitro groups is 1. The van der Waals surface area contributed by atoms with E-state index in [0.29, 0.717) is 11.3 Å². The molecule has 0 atom stereocenters. The molecule has 0 aromatic heterocycles. The molecule has 34 heavy (non-hydrogen) atoms. The fraction of sp³-hybridized carbons (Fsp3) is 0.130. The number of rotatable bonds is 8. The number of carbonyl (C=O) groups is 1. The molecule has 0 fully saturated rings. The lowest BCUT2D eigenvalue weighted by Crippen LogP contribution is -2.40. The number of anilines is 1. The first-order valence-corrected chi connectivity index (χ1v) is 11.8. The highest BCUT2D eigenvalue weighted by atomic mass is 35.5. The monoisotopic (exact) mass is 500 g/mol. The number of halogens is 1. The number of hydrazone groups is 1. The highest BCUT2D eigenvalue weighted by Gasteiger charge is 2.28. The van der Waals surface area contributed by atoms with E-state index in [-0.39, 0.29) is 21.3 Å². The highest BCUT2D eigenvalue weighted by molar-refractivity contribution is 7.92. The number of aryl methyl sites for hydroxylation is 1. The number of nitrogens with zero attached hydrogens (tertiary/aromatic N) is 3. The number of carbonyl (C=O) groups excluding carboxylic acids is 1. The molecule has 3 rings (SSSR count). The molecule has 0 unspecified atom stereocenters. The van der Waals surface area contributed by atoms with Crippen LogP contribution in [0, 0.1) is 17.0 Å². The number of amides is 1. The Labute approximate surface area is 201 Å². The van der Waals surface area contributed by atoms with Crippen LogP contribution < -0.4 is 9.73 Å². The molecular weight excluding hydrogens is 480 g/mol. The molecule has 0 heterocycles. The van der Waals surface area contributed by atoms with Crippen LogP contribution in [0.15, 0.2) is 82.8 Å². The minimum Gasteiger partial charge on any atom is -0.271 e. The molecule has 0 radical (unpaired) electrons. The summed E-state index contributed by atoms with van der Waals surface area (Å²) in [7, 11) is -4.12. The van der Waals surface area contributed by atoms with Gasteiger partial charge >= 0.3 is 0 Å². The van der Waals surface area contributed by atoms with Gasteiger partial charge < -0.3 is 0 Å². The quantitative estimate of drug-likeness (QED) is 0.281. The number of hydrogen-bond acceptors (Lipinski definition) is 6. The van der Waals surface area contributed by atoms with Gasteiger partial charge in [0.1, 0.15) is 6.54 Å². The van der Waals surface area contributed by atoms with Crippen molar-refractivity contribution in [3.63, 3.8) is 0 Å². The molecule has 0 saturated carbocycles. The van der Waals surface area contributed by atoms with Crippen LogP contribution in [0.5, 0.6) is 0 Å². The molecule has 3 aromatic carbocycles. The zero-order valence-electron chi connectivity index (χ0n) is 18.3. The van der Waals surface area contributed by atoms with E-state index in [0.717, 1.165) is 9.87 Å². The van der Waals surface area contributed by atoms with Crippen molar-refractivity contribution in [2.45, 2.75) is 18.7 Å². The van der Waals surface area contributed by atoms with Crippen molar-refractivity contribution < 1.29 is 18.1 Å². The Bertz CT molecular complexity index is 1340.